The lowest BCUT2D eigenvalue weighted by Crippen LogP contribution is -2.99. The molecule has 2 N–H and O–H groups in total. The molecule has 1 atom stereocenters. The molecule has 1 unspecified atom stereocenters. The minimum Gasteiger partial charge on any atom is -0.595 e. The average Bonchev–Trinajstić information content (AvgIpc) is 2.89. The minimum atomic E-state index is -0.809. The molecule has 0 spiro atoms. The zero-order valence-electron chi connectivity index (χ0n) is 7.36. The molecule has 0 bridgehead atoms. The molecule has 0 aliphatic heterocycles. The van der Waals surface area contributed by atoms with Gasteiger partial charge in [0.25, 0.3) is 0 Å². The Balaban J connectivity index is 2.20. The molecule has 0 amide bonds. The highest BCUT2D eigenvalue weighted by Crippen LogP contribution is 2.33. The normalized spacial score (nSPS) is 18.6. The second kappa shape index (κ2) is 3.46. The third-order valence-corrected chi connectivity index (χ3v) is 2.45. The Morgan fingerprint density at radius 1 is 1.38 bits per heavy atom. The molecule has 1 aliphatic rings. The van der Waals surface area contributed by atoms with E-state index in [4.69, 9.17) is 5.21 Å². The predicted octanol–water partition coefficient (Wildman–Crippen LogP) is 1.04. The first-order valence-electron chi connectivity index (χ1n) is 4.58. The lowest BCUT2D eigenvalue weighted by Gasteiger charge is -2.14. The van der Waals surface area contributed by atoms with E-state index >= 15 is 0 Å². The van der Waals surface area contributed by atoms with Crippen LogP contribution in [0.5, 0.6) is 0 Å². The molecule has 0 aromatic heterocycles. The van der Waals surface area contributed by atoms with E-state index < -0.39 is 5.23 Å². The van der Waals surface area contributed by atoms with Gasteiger partial charge in [0.15, 0.2) is 5.69 Å². The van der Waals surface area contributed by atoms with Gasteiger partial charge in [-0.05, 0) is 25.2 Å². The SMILES string of the molecule is [O-][NH+](O)c1ccccc1CC1CC1. The second-order valence-corrected chi connectivity index (χ2v) is 3.61. The number of nitrogens with one attached hydrogen (secondary N) is 1. The van der Waals surface area contributed by atoms with E-state index in [-0.39, 0.29) is 0 Å². The summed E-state index contributed by atoms with van der Waals surface area (Å²) in [6.07, 6.45) is 3.45. The Morgan fingerprint density at radius 2 is 2.08 bits per heavy atom. The summed E-state index contributed by atoms with van der Waals surface area (Å²) >= 11 is 0. The van der Waals surface area contributed by atoms with Crippen molar-refractivity contribution in [3.63, 3.8) is 0 Å². The number of para-hydroxylation sites is 1. The maximum atomic E-state index is 10.8. The van der Waals surface area contributed by atoms with Crippen LogP contribution in [0, 0.1) is 11.1 Å². The van der Waals surface area contributed by atoms with Gasteiger partial charge in [-0.2, -0.15) is 5.23 Å². The Morgan fingerprint density at radius 3 is 2.69 bits per heavy atom. The molecule has 0 heterocycles. The van der Waals surface area contributed by atoms with Gasteiger partial charge in [-0.15, -0.1) is 0 Å². The molecule has 0 radical (unpaired) electrons. The van der Waals surface area contributed by atoms with E-state index in [1.54, 1.807) is 12.1 Å². The zero-order chi connectivity index (χ0) is 9.26. The first-order chi connectivity index (χ1) is 6.27. The van der Waals surface area contributed by atoms with Crippen LogP contribution >= 0.6 is 0 Å². The number of rotatable bonds is 3. The molecule has 1 saturated carbocycles. The Labute approximate surface area is 77.1 Å². The van der Waals surface area contributed by atoms with Crippen LogP contribution < -0.4 is 5.23 Å². The second-order valence-electron chi connectivity index (χ2n) is 3.61. The van der Waals surface area contributed by atoms with Crippen molar-refractivity contribution in [3.8, 4) is 0 Å². The molecule has 70 valence electrons. The summed E-state index contributed by atoms with van der Waals surface area (Å²) in [4.78, 5) is 0. The summed E-state index contributed by atoms with van der Waals surface area (Å²) in [7, 11) is 0. The number of hydrogen-bond acceptors (Lipinski definition) is 2. The predicted molar refractivity (Wildman–Crippen MR) is 48.6 cm³/mol. The molecule has 1 aromatic rings. The van der Waals surface area contributed by atoms with Crippen LogP contribution in [-0.4, -0.2) is 5.21 Å². The fraction of sp³-hybridized carbons (Fsp3) is 0.400. The van der Waals surface area contributed by atoms with Crippen molar-refractivity contribution in [1.82, 2.24) is 0 Å². The van der Waals surface area contributed by atoms with Crippen LogP contribution in [0.3, 0.4) is 0 Å². The fourth-order valence-corrected chi connectivity index (χ4v) is 1.54. The molecular formula is C10H13NO2. The maximum absolute atomic E-state index is 10.8. The van der Waals surface area contributed by atoms with E-state index in [0.29, 0.717) is 5.69 Å². The molecule has 1 aliphatic carbocycles. The molecule has 0 saturated heterocycles. The van der Waals surface area contributed by atoms with Gasteiger partial charge in [-0.25, -0.2) is 5.21 Å². The van der Waals surface area contributed by atoms with Crippen LogP contribution in [0.15, 0.2) is 24.3 Å². The van der Waals surface area contributed by atoms with E-state index in [9.17, 15) is 5.21 Å². The third kappa shape index (κ3) is 2.06. The molecule has 13 heavy (non-hydrogen) atoms. The molecule has 1 aromatic carbocycles. The van der Waals surface area contributed by atoms with Gasteiger partial charge >= 0.3 is 0 Å². The number of benzene rings is 1. The van der Waals surface area contributed by atoms with E-state index in [0.717, 1.165) is 17.9 Å². The molecule has 3 nitrogen and oxygen atoms in total. The summed E-state index contributed by atoms with van der Waals surface area (Å²) < 4.78 is 0. The van der Waals surface area contributed by atoms with Gasteiger partial charge in [0.2, 0.25) is 0 Å². The van der Waals surface area contributed by atoms with Gasteiger partial charge in [0, 0.05) is 11.6 Å². The average molecular weight is 179 g/mol. The third-order valence-electron chi connectivity index (χ3n) is 2.45. The Bertz CT molecular complexity index is 295. The highest BCUT2D eigenvalue weighted by molar-refractivity contribution is 5.39. The summed E-state index contributed by atoms with van der Waals surface area (Å²) in [5.41, 5.74) is 1.45. The van der Waals surface area contributed by atoms with Gasteiger partial charge in [0.1, 0.15) is 0 Å². The summed E-state index contributed by atoms with van der Waals surface area (Å²) in [6, 6.07) is 7.28. The quantitative estimate of drug-likeness (QED) is 0.681. The summed E-state index contributed by atoms with van der Waals surface area (Å²) in [6.45, 7) is 0. The van der Waals surface area contributed by atoms with Gasteiger partial charge in [-0.1, -0.05) is 18.2 Å². The molecule has 3 heteroatoms. The van der Waals surface area contributed by atoms with Crippen LogP contribution in [-0.2, 0) is 6.42 Å². The summed E-state index contributed by atoms with van der Waals surface area (Å²) in [5, 5.41) is 18.9. The lowest BCUT2D eigenvalue weighted by molar-refractivity contribution is -0.991. The maximum Gasteiger partial charge on any atom is 0.166 e. The van der Waals surface area contributed by atoms with Gasteiger partial charge < -0.3 is 5.21 Å². The van der Waals surface area contributed by atoms with Crippen LogP contribution in [0.2, 0.25) is 0 Å². The standard InChI is InChI=1S/C10H13NO2/c12-11(13)10-4-2-1-3-9(10)7-8-5-6-8/h1-4,8,11-12H,5-7H2. The zero-order valence-corrected chi connectivity index (χ0v) is 7.36. The molecular weight excluding hydrogens is 166 g/mol. The lowest BCUT2D eigenvalue weighted by atomic mass is 10.1. The Kier molecular flexibility index (Phi) is 2.31. The van der Waals surface area contributed by atoms with Crippen molar-refractivity contribution in [2.45, 2.75) is 19.3 Å². The van der Waals surface area contributed by atoms with Gasteiger partial charge in [-0.3, -0.25) is 0 Å². The van der Waals surface area contributed by atoms with Crippen LogP contribution in [0.4, 0.5) is 5.69 Å². The van der Waals surface area contributed by atoms with Crippen molar-refractivity contribution >= 4 is 5.69 Å². The van der Waals surface area contributed by atoms with E-state index in [1.165, 1.54) is 12.8 Å². The first kappa shape index (κ1) is 8.69. The van der Waals surface area contributed by atoms with E-state index in [2.05, 4.69) is 0 Å². The van der Waals surface area contributed by atoms with Crippen molar-refractivity contribution in [3.05, 3.63) is 35.0 Å². The van der Waals surface area contributed by atoms with Crippen LogP contribution in [0.1, 0.15) is 18.4 Å². The topological polar surface area (TPSA) is 47.7 Å². The monoisotopic (exact) mass is 179 g/mol. The van der Waals surface area contributed by atoms with Crippen molar-refractivity contribution in [1.29, 1.82) is 0 Å². The number of hydrogen-bond donors (Lipinski definition) is 2. The fourth-order valence-electron chi connectivity index (χ4n) is 1.54. The van der Waals surface area contributed by atoms with Crippen molar-refractivity contribution in [2.75, 3.05) is 0 Å². The van der Waals surface area contributed by atoms with Crippen molar-refractivity contribution < 1.29 is 10.4 Å². The van der Waals surface area contributed by atoms with Crippen LogP contribution in [0.25, 0.3) is 0 Å². The minimum absolute atomic E-state index is 0.467. The highest BCUT2D eigenvalue weighted by atomic mass is 16.8. The first-order valence-corrected chi connectivity index (χ1v) is 4.58. The smallest absolute Gasteiger partial charge is 0.166 e. The molecule has 2 rings (SSSR count). The largest absolute Gasteiger partial charge is 0.595 e. The number of quaternary nitrogens is 1. The molecule has 1 fully saturated rings. The van der Waals surface area contributed by atoms with Crippen molar-refractivity contribution in [2.24, 2.45) is 5.92 Å². The van der Waals surface area contributed by atoms with E-state index in [1.807, 2.05) is 12.1 Å². The highest BCUT2D eigenvalue weighted by Gasteiger charge is 2.23. The Hall–Kier alpha value is -0.900. The summed E-state index contributed by atoms with van der Waals surface area (Å²) in [5.74, 6) is 0.737. The van der Waals surface area contributed by atoms with Gasteiger partial charge in [0.05, 0.1) is 0 Å².